The van der Waals surface area contributed by atoms with E-state index in [1.807, 2.05) is 0 Å². The predicted molar refractivity (Wildman–Crippen MR) is 59.1 cm³/mol. The number of hydrogen-bond acceptors (Lipinski definition) is 1. The van der Waals surface area contributed by atoms with Crippen LogP contribution in [0, 0.1) is 5.82 Å². The number of hydrogen-bond donors (Lipinski definition) is 0. The molecule has 0 aliphatic rings. The predicted octanol–water partition coefficient (Wildman–Crippen LogP) is 2.79. The molecule has 0 atom stereocenters. The van der Waals surface area contributed by atoms with Crippen LogP contribution in [0.25, 0.3) is 0 Å². The quantitative estimate of drug-likeness (QED) is 0.755. The highest BCUT2D eigenvalue weighted by Gasteiger charge is 2.18. The highest BCUT2D eigenvalue weighted by atomic mass is 35.5. The van der Waals surface area contributed by atoms with Crippen LogP contribution < -0.4 is 0 Å². The zero-order chi connectivity index (χ0) is 11.4. The maximum absolute atomic E-state index is 13.3. The Balaban J connectivity index is 3.00. The van der Waals surface area contributed by atoms with Crippen LogP contribution in [-0.2, 0) is 0 Å². The third-order valence-electron chi connectivity index (χ3n) is 1.94. The van der Waals surface area contributed by atoms with E-state index in [1.165, 1.54) is 23.1 Å². The number of halogens is 3. The van der Waals surface area contributed by atoms with Gasteiger partial charge in [-0.05, 0) is 12.1 Å². The van der Waals surface area contributed by atoms with E-state index in [2.05, 4.69) is 0 Å². The first-order valence-electron chi connectivity index (χ1n) is 4.33. The summed E-state index contributed by atoms with van der Waals surface area (Å²) in [6.45, 7) is 0.352. The van der Waals surface area contributed by atoms with E-state index >= 15 is 0 Å². The third kappa shape index (κ3) is 2.83. The summed E-state index contributed by atoms with van der Waals surface area (Å²) in [7, 11) is 1.55. The number of alkyl halides is 1. The van der Waals surface area contributed by atoms with Gasteiger partial charge in [-0.3, -0.25) is 4.79 Å². The second-order valence-electron chi connectivity index (χ2n) is 3.01. The highest BCUT2D eigenvalue weighted by molar-refractivity contribution is 6.33. The first-order valence-corrected chi connectivity index (χ1v) is 5.24. The molecule has 0 aliphatic heterocycles. The van der Waals surface area contributed by atoms with Crippen LogP contribution in [0.5, 0.6) is 0 Å². The number of benzene rings is 1. The van der Waals surface area contributed by atoms with E-state index in [1.54, 1.807) is 7.05 Å². The molecule has 1 rings (SSSR count). The van der Waals surface area contributed by atoms with Crippen molar-refractivity contribution in [2.75, 3.05) is 19.5 Å². The minimum absolute atomic E-state index is 0.105. The molecule has 0 spiro atoms. The molecule has 0 bridgehead atoms. The van der Waals surface area contributed by atoms with Gasteiger partial charge in [0.25, 0.3) is 5.91 Å². The molecule has 1 amide bonds. The van der Waals surface area contributed by atoms with Crippen LogP contribution in [0.4, 0.5) is 4.39 Å². The van der Waals surface area contributed by atoms with Gasteiger partial charge >= 0.3 is 0 Å². The van der Waals surface area contributed by atoms with Gasteiger partial charge in [-0.25, -0.2) is 4.39 Å². The molecule has 0 saturated heterocycles. The fourth-order valence-electron chi connectivity index (χ4n) is 1.12. The van der Waals surface area contributed by atoms with Crippen molar-refractivity contribution < 1.29 is 9.18 Å². The Morgan fingerprint density at radius 3 is 2.73 bits per heavy atom. The smallest absolute Gasteiger partial charge is 0.258 e. The van der Waals surface area contributed by atoms with Gasteiger partial charge in [-0.1, -0.05) is 17.7 Å². The average Bonchev–Trinajstić information content (AvgIpc) is 2.17. The standard InChI is InChI=1S/C10H10Cl2FNO/c1-14(6-5-11)10(15)9-7(12)3-2-4-8(9)13/h2-4H,5-6H2,1H3. The second kappa shape index (κ2) is 5.33. The van der Waals surface area contributed by atoms with E-state index in [9.17, 15) is 9.18 Å². The van der Waals surface area contributed by atoms with Gasteiger partial charge in [-0.2, -0.15) is 0 Å². The number of rotatable bonds is 3. The van der Waals surface area contributed by atoms with E-state index in [-0.39, 0.29) is 10.6 Å². The Kier molecular flexibility index (Phi) is 4.36. The maximum atomic E-state index is 13.3. The monoisotopic (exact) mass is 249 g/mol. The molecule has 82 valence electrons. The van der Waals surface area contributed by atoms with Gasteiger partial charge < -0.3 is 4.90 Å². The van der Waals surface area contributed by atoms with Crippen molar-refractivity contribution in [3.8, 4) is 0 Å². The number of carbonyl (C=O) groups excluding carboxylic acids is 1. The Bertz CT molecular complexity index is 350. The molecule has 15 heavy (non-hydrogen) atoms. The lowest BCUT2D eigenvalue weighted by Gasteiger charge is -2.16. The van der Waals surface area contributed by atoms with Gasteiger partial charge in [0, 0.05) is 19.5 Å². The molecule has 0 unspecified atom stereocenters. The van der Waals surface area contributed by atoms with Crippen LogP contribution in [0.3, 0.4) is 0 Å². The molecule has 0 aromatic heterocycles. The van der Waals surface area contributed by atoms with Crippen molar-refractivity contribution in [2.45, 2.75) is 0 Å². The first-order chi connectivity index (χ1) is 7.07. The molecule has 0 saturated carbocycles. The molecule has 0 fully saturated rings. The summed E-state index contributed by atoms with van der Waals surface area (Å²) in [5.41, 5.74) is -0.105. The molecule has 1 aromatic rings. The SMILES string of the molecule is CN(CCCl)C(=O)c1c(F)cccc1Cl. The van der Waals surface area contributed by atoms with Crippen molar-refractivity contribution in [3.05, 3.63) is 34.6 Å². The average molecular weight is 250 g/mol. The minimum atomic E-state index is -0.617. The van der Waals surface area contributed by atoms with Gasteiger partial charge in [0.1, 0.15) is 5.82 Å². The molecule has 2 nitrogen and oxygen atoms in total. The van der Waals surface area contributed by atoms with Crippen LogP contribution in [0.2, 0.25) is 5.02 Å². The van der Waals surface area contributed by atoms with E-state index < -0.39 is 11.7 Å². The van der Waals surface area contributed by atoms with Gasteiger partial charge in [0.15, 0.2) is 0 Å². The topological polar surface area (TPSA) is 20.3 Å². The van der Waals surface area contributed by atoms with Crippen molar-refractivity contribution in [2.24, 2.45) is 0 Å². The largest absolute Gasteiger partial charge is 0.340 e. The highest BCUT2D eigenvalue weighted by Crippen LogP contribution is 2.20. The van der Waals surface area contributed by atoms with E-state index in [4.69, 9.17) is 23.2 Å². The Morgan fingerprint density at radius 2 is 2.20 bits per heavy atom. The second-order valence-corrected chi connectivity index (χ2v) is 3.80. The fraction of sp³-hybridized carbons (Fsp3) is 0.300. The van der Waals surface area contributed by atoms with Crippen molar-refractivity contribution in [1.29, 1.82) is 0 Å². The fourth-order valence-corrected chi connectivity index (χ4v) is 1.62. The minimum Gasteiger partial charge on any atom is -0.340 e. The Morgan fingerprint density at radius 1 is 1.53 bits per heavy atom. The summed E-state index contributed by atoms with van der Waals surface area (Å²) in [5.74, 6) is -0.776. The van der Waals surface area contributed by atoms with Crippen molar-refractivity contribution in [3.63, 3.8) is 0 Å². The normalized spacial score (nSPS) is 10.1. The summed E-state index contributed by atoms with van der Waals surface area (Å²) < 4.78 is 13.3. The molecule has 0 N–H and O–H groups in total. The zero-order valence-electron chi connectivity index (χ0n) is 8.14. The van der Waals surface area contributed by atoms with Crippen LogP contribution in [0.15, 0.2) is 18.2 Å². The van der Waals surface area contributed by atoms with Crippen molar-refractivity contribution >= 4 is 29.1 Å². The van der Waals surface area contributed by atoms with Gasteiger partial charge in [0.2, 0.25) is 0 Å². The van der Waals surface area contributed by atoms with Crippen LogP contribution >= 0.6 is 23.2 Å². The maximum Gasteiger partial charge on any atom is 0.258 e. The summed E-state index contributed by atoms with van der Waals surface area (Å²) in [6, 6.07) is 4.13. The summed E-state index contributed by atoms with van der Waals surface area (Å²) in [5, 5.41) is 0.112. The number of carbonyl (C=O) groups is 1. The summed E-state index contributed by atoms with van der Waals surface area (Å²) in [6.07, 6.45) is 0. The molecule has 0 aliphatic carbocycles. The van der Waals surface area contributed by atoms with Crippen molar-refractivity contribution in [1.82, 2.24) is 4.90 Å². The molecule has 0 radical (unpaired) electrons. The van der Waals surface area contributed by atoms with E-state index in [0.717, 1.165) is 0 Å². The van der Waals surface area contributed by atoms with Gasteiger partial charge in [-0.15, -0.1) is 11.6 Å². The van der Waals surface area contributed by atoms with Crippen LogP contribution in [0.1, 0.15) is 10.4 Å². The van der Waals surface area contributed by atoms with E-state index in [0.29, 0.717) is 12.4 Å². The first kappa shape index (κ1) is 12.3. The Labute approximate surface area is 97.6 Å². The van der Waals surface area contributed by atoms with Gasteiger partial charge in [0.05, 0.1) is 10.6 Å². The lowest BCUT2D eigenvalue weighted by atomic mass is 10.2. The molecule has 0 heterocycles. The molecule has 5 heteroatoms. The molecular formula is C10H10Cl2FNO. The lowest BCUT2D eigenvalue weighted by Crippen LogP contribution is -2.29. The summed E-state index contributed by atoms with van der Waals surface area (Å²) >= 11 is 11.2. The number of amides is 1. The van der Waals surface area contributed by atoms with Crippen LogP contribution in [-0.4, -0.2) is 30.3 Å². The Hall–Kier alpha value is -0.800. The third-order valence-corrected chi connectivity index (χ3v) is 2.43. The summed E-state index contributed by atoms with van der Waals surface area (Å²) in [4.78, 5) is 13.0. The lowest BCUT2D eigenvalue weighted by molar-refractivity contribution is 0.0799. The number of nitrogens with zero attached hydrogens (tertiary/aromatic N) is 1. The molecular weight excluding hydrogens is 240 g/mol. The zero-order valence-corrected chi connectivity index (χ0v) is 9.65. The molecule has 1 aromatic carbocycles.